The van der Waals surface area contributed by atoms with Crippen molar-refractivity contribution in [2.24, 2.45) is 5.16 Å². The van der Waals surface area contributed by atoms with Crippen LogP contribution < -0.4 is 0 Å². The Labute approximate surface area is 161 Å². The number of sulfonamides is 1. The van der Waals surface area contributed by atoms with Crippen LogP contribution >= 0.6 is 0 Å². The predicted molar refractivity (Wildman–Crippen MR) is 106 cm³/mol. The third kappa shape index (κ3) is 6.78. The maximum Gasteiger partial charge on any atom is 0.243 e. The van der Waals surface area contributed by atoms with Gasteiger partial charge in [0.05, 0.1) is 17.7 Å². The number of unbranched alkanes of at least 4 members (excludes halogenated alkanes) is 1. The van der Waals surface area contributed by atoms with E-state index >= 15 is 0 Å². The zero-order chi connectivity index (χ0) is 19.5. The Hall–Kier alpha value is -2.22. The van der Waals surface area contributed by atoms with Crippen molar-refractivity contribution in [2.45, 2.75) is 31.3 Å². The highest BCUT2D eigenvalue weighted by molar-refractivity contribution is 7.89. The van der Waals surface area contributed by atoms with Gasteiger partial charge in [-0.25, -0.2) is 8.42 Å². The summed E-state index contributed by atoms with van der Waals surface area (Å²) < 4.78 is 27.1. The molecule has 0 aliphatic heterocycles. The predicted octanol–water partition coefficient (Wildman–Crippen LogP) is 2.96. The van der Waals surface area contributed by atoms with Gasteiger partial charge in [-0.05, 0) is 37.5 Å². The Bertz CT molecular complexity index is 806. The van der Waals surface area contributed by atoms with Crippen LogP contribution in [0.5, 0.6) is 0 Å². The van der Waals surface area contributed by atoms with Crippen molar-refractivity contribution in [3.05, 3.63) is 65.7 Å². The second kappa shape index (κ2) is 10.8. The minimum Gasteiger partial charge on any atom is -0.396 e. The summed E-state index contributed by atoms with van der Waals surface area (Å²) in [5.74, 6) is 0. The van der Waals surface area contributed by atoms with Gasteiger partial charge in [0.2, 0.25) is 10.0 Å². The molecule has 0 radical (unpaired) electrons. The van der Waals surface area contributed by atoms with Gasteiger partial charge in [0.1, 0.15) is 6.61 Å². The first-order valence-electron chi connectivity index (χ1n) is 8.89. The number of benzene rings is 2. The van der Waals surface area contributed by atoms with Gasteiger partial charge in [-0.15, -0.1) is 0 Å². The molecule has 0 atom stereocenters. The van der Waals surface area contributed by atoms with Gasteiger partial charge in [0.25, 0.3) is 0 Å². The van der Waals surface area contributed by atoms with Crippen molar-refractivity contribution in [2.75, 3.05) is 19.7 Å². The van der Waals surface area contributed by atoms with Crippen molar-refractivity contribution >= 4 is 16.2 Å². The van der Waals surface area contributed by atoms with Crippen molar-refractivity contribution < 1.29 is 18.4 Å². The van der Waals surface area contributed by atoms with Gasteiger partial charge in [0, 0.05) is 13.2 Å². The van der Waals surface area contributed by atoms with Crippen molar-refractivity contribution in [3.8, 4) is 0 Å². The van der Waals surface area contributed by atoms with E-state index in [0.29, 0.717) is 26.0 Å². The summed E-state index contributed by atoms with van der Waals surface area (Å²) in [7, 11) is -3.63. The smallest absolute Gasteiger partial charge is 0.243 e. The molecule has 0 saturated carbocycles. The molecule has 1 N–H and O–H groups in total. The molecule has 27 heavy (non-hydrogen) atoms. The molecule has 0 unspecified atom stereocenters. The monoisotopic (exact) mass is 390 g/mol. The maximum atomic E-state index is 12.9. The van der Waals surface area contributed by atoms with E-state index in [0.717, 1.165) is 11.1 Å². The molecule has 2 aromatic carbocycles. The van der Waals surface area contributed by atoms with Crippen LogP contribution in [0.25, 0.3) is 0 Å². The van der Waals surface area contributed by atoms with Gasteiger partial charge in [-0.3, -0.25) is 0 Å². The number of aliphatic hydroxyl groups excluding tert-OH is 1. The first kappa shape index (κ1) is 21.1. The van der Waals surface area contributed by atoms with E-state index in [1.54, 1.807) is 24.3 Å². The van der Waals surface area contributed by atoms with Crippen LogP contribution in [-0.4, -0.2) is 43.7 Å². The molecule has 0 aromatic heterocycles. The van der Waals surface area contributed by atoms with Crippen LogP contribution in [0.4, 0.5) is 0 Å². The Morgan fingerprint density at radius 1 is 1.07 bits per heavy atom. The van der Waals surface area contributed by atoms with Crippen molar-refractivity contribution in [1.29, 1.82) is 0 Å². The summed E-state index contributed by atoms with van der Waals surface area (Å²) in [6, 6.07) is 16.4. The lowest BCUT2D eigenvalue weighted by Crippen LogP contribution is -2.33. The molecule has 2 rings (SSSR count). The Morgan fingerprint density at radius 2 is 1.78 bits per heavy atom. The third-order valence-electron chi connectivity index (χ3n) is 3.98. The van der Waals surface area contributed by atoms with E-state index in [4.69, 9.17) is 9.94 Å². The van der Waals surface area contributed by atoms with Crippen LogP contribution in [0.15, 0.2) is 64.6 Å². The van der Waals surface area contributed by atoms with E-state index in [-0.39, 0.29) is 18.0 Å². The molecule has 0 aliphatic rings. The zero-order valence-electron chi connectivity index (χ0n) is 15.5. The van der Waals surface area contributed by atoms with Crippen LogP contribution in [0, 0.1) is 6.92 Å². The van der Waals surface area contributed by atoms with Crippen LogP contribution in [0.1, 0.15) is 24.0 Å². The lowest BCUT2D eigenvalue weighted by molar-refractivity contribution is 0.131. The molecular formula is C20H26N2O4S. The fourth-order valence-electron chi connectivity index (χ4n) is 2.43. The topological polar surface area (TPSA) is 79.2 Å². The molecule has 0 bridgehead atoms. The number of aryl methyl sites for hydroxylation is 1. The zero-order valence-corrected chi connectivity index (χ0v) is 16.3. The van der Waals surface area contributed by atoms with Crippen molar-refractivity contribution in [1.82, 2.24) is 4.31 Å². The van der Waals surface area contributed by atoms with Gasteiger partial charge >= 0.3 is 0 Å². The normalized spacial score (nSPS) is 12.0. The minimum absolute atomic E-state index is 0.0344. The number of nitrogens with zero attached hydrogens (tertiary/aromatic N) is 2. The third-order valence-corrected chi connectivity index (χ3v) is 5.86. The first-order chi connectivity index (χ1) is 13.0. The molecular weight excluding hydrogens is 364 g/mol. The molecule has 0 amide bonds. The Balaban J connectivity index is 2.00. The second-order valence-electron chi connectivity index (χ2n) is 6.15. The highest BCUT2D eigenvalue weighted by atomic mass is 32.2. The standard InChI is InChI=1S/C20H26N2O4S/c1-18-9-11-20(12-10-18)27(24,25)22(14-5-6-16-23)15-13-21-26-17-19-7-3-2-4-8-19/h2-4,7-13,23H,5-6,14-17H2,1H3/b21-13+. The quantitative estimate of drug-likeness (QED) is 0.363. The molecule has 0 fully saturated rings. The molecule has 0 saturated heterocycles. The number of oxime groups is 1. The number of hydrogen-bond acceptors (Lipinski definition) is 5. The van der Waals surface area contributed by atoms with Crippen LogP contribution in [-0.2, 0) is 21.5 Å². The lowest BCUT2D eigenvalue weighted by Gasteiger charge is -2.20. The molecule has 2 aromatic rings. The van der Waals surface area contributed by atoms with Gasteiger partial charge in [0.15, 0.2) is 0 Å². The Morgan fingerprint density at radius 3 is 2.44 bits per heavy atom. The summed E-state index contributed by atoms with van der Waals surface area (Å²) >= 11 is 0. The van der Waals surface area contributed by atoms with E-state index in [9.17, 15) is 8.42 Å². The summed E-state index contributed by atoms with van der Waals surface area (Å²) in [6.07, 6.45) is 2.56. The van der Waals surface area contributed by atoms with Gasteiger partial charge in [-0.1, -0.05) is 53.2 Å². The maximum absolute atomic E-state index is 12.9. The number of rotatable bonds is 11. The molecule has 0 spiro atoms. The fourth-order valence-corrected chi connectivity index (χ4v) is 3.84. The summed E-state index contributed by atoms with van der Waals surface area (Å²) in [5.41, 5.74) is 1.98. The second-order valence-corrected chi connectivity index (χ2v) is 8.09. The first-order valence-corrected chi connectivity index (χ1v) is 10.3. The Kier molecular flexibility index (Phi) is 8.44. The summed E-state index contributed by atoms with van der Waals surface area (Å²) in [5, 5.41) is 12.8. The largest absolute Gasteiger partial charge is 0.396 e. The molecule has 6 nitrogen and oxygen atoms in total. The number of hydrogen-bond donors (Lipinski definition) is 1. The average Bonchev–Trinajstić information content (AvgIpc) is 2.67. The van der Waals surface area contributed by atoms with E-state index in [2.05, 4.69) is 5.16 Å². The van der Waals surface area contributed by atoms with Crippen LogP contribution in [0.2, 0.25) is 0 Å². The van der Waals surface area contributed by atoms with E-state index < -0.39 is 10.0 Å². The summed E-state index contributed by atoms with van der Waals surface area (Å²) in [6.45, 7) is 2.68. The number of aliphatic hydroxyl groups is 1. The van der Waals surface area contributed by atoms with Gasteiger partial charge in [-0.2, -0.15) is 4.31 Å². The fraction of sp³-hybridized carbons (Fsp3) is 0.350. The molecule has 0 heterocycles. The minimum atomic E-state index is -3.63. The molecule has 146 valence electrons. The highest BCUT2D eigenvalue weighted by Gasteiger charge is 2.23. The van der Waals surface area contributed by atoms with E-state index in [1.165, 1.54) is 10.5 Å². The van der Waals surface area contributed by atoms with E-state index in [1.807, 2.05) is 37.3 Å². The molecule has 0 aliphatic carbocycles. The lowest BCUT2D eigenvalue weighted by atomic mass is 10.2. The SMILES string of the molecule is Cc1ccc(S(=O)(=O)N(C/C=N/OCc2ccccc2)CCCCO)cc1. The van der Waals surface area contributed by atoms with Crippen molar-refractivity contribution in [3.63, 3.8) is 0 Å². The molecule has 7 heteroatoms. The van der Waals surface area contributed by atoms with Gasteiger partial charge < -0.3 is 9.94 Å². The summed E-state index contributed by atoms with van der Waals surface area (Å²) in [4.78, 5) is 5.48. The highest BCUT2D eigenvalue weighted by Crippen LogP contribution is 2.16. The van der Waals surface area contributed by atoms with Crippen LogP contribution in [0.3, 0.4) is 0 Å². The average molecular weight is 391 g/mol.